The van der Waals surface area contributed by atoms with Crippen molar-refractivity contribution in [3.05, 3.63) is 35.9 Å². The van der Waals surface area contributed by atoms with Crippen molar-refractivity contribution in [1.82, 2.24) is 0 Å². The third-order valence-corrected chi connectivity index (χ3v) is 3.62. The third kappa shape index (κ3) is 4.12. The number of hydrogen-bond acceptors (Lipinski definition) is 4. The zero-order valence-electron chi connectivity index (χ0n) is 8.43. The van der Waals surface area contributed by atoms with Crippen molar-refractivity contribution in [3.63, 3.8) is 0 Å². The molecule has 0 aliphatic rings. The monoisotopic (exact) mass is 324 g/mol. The van der Waals surface area contributed by atoms with Crippen molar-refractivity contribution in [3.8, 4) is 0 Å². The van der Waals surface area contributed by atoms with Crippen LogP contribution in [0.1, 0.15) is 11.7 Å². The summed E-state index contributed by atoms with van der Waals surface area (Å²) in [5.74, 6) is 0. The summed E-state index contributed by atoms with van der Waals surface area (Å²) in [5, 5.41) is 0. The first-order valence-corrected chi connectivity index (χ1v) is 6.41. The molecule has 10 heteroatoms. The summed E-state index contributed by atoms with van der Waals surface area (Å²) in [7, 11) is -4.69. The Kier molecular flexibility index (Phi) is 5.46. The first-order valence-electron chi connectivity index (χ1n) is 4.33. The van der Waals surface area contributed by atoms with E-state index < -0.39 is 20.1 Å². The predicted octanol–water partition coefficient (Wildman–Crippen LogP) is 4.76. The Bertz CT molecular complexity index is 420. The second-order valence-corrected chi connectivity index (χ2v) is 5.23. The first-order chi connectivity index (χ1) is 8.32. The number of rotatable bonds is 5. The Morgan fingerprint density at radius 1 is 1.11 bits per heavy atom. The molecule has 0 aliphatic heterocycles. The van der Waals surface area contributed by atoms with E-state index in [2.05, 4.69) is 12.7 Å². The molecule has 4 nitrogen and oxygen atoms in total. The molecule has 102 valence electrons. The lowest BCUT2D eigenvalue weighted by Gasteiger charge is -2.22. The highest BCUT2D eigenvalue weighted by Gasteiger charge is 2.47. The van der Waals surface area contributed by atoms with Gasteiger partial charge in [-0.3, -0.25) is 4.52 Å². The molecule has 0 N–H and O–H groups in total. The van der Waals surface area contributed by atoms with Crippen LogP contribution in [0.2, 0.25) is 0 Å². The number of halogens is 5. The van der Waals surface area contributed by atoms with Crippen LogP contribution in [-0.2, 0) is 17.2 Å². The minimum absolute atomic E-state index is 0.298. The number of benzene rings is 1. The zero-order chi connectivity index (χ0) is 13.8. The summed E-state index contributed by atoms with van der Waals surface area (Å²) in [6.07, 6.45) is -7.39. The second kappa shape index (κ2) is 6.23. The topological polar surface area (TPSA) is 44.8 Å². The van der Waals surface area contributed by atoms with E-state index in [4.69, 9.17) is 23.7 Å². The summed E-state index contributed by atoms with van der Waals surface area (Å²) in [6, 6.07) is 6.47. The molecule has 0 saturated carbocycles. The van der Waals surface area contributed by atoms with Crippen LogP contribution in [0.25, 0.3) is 0 Å². The van der Waals surface area contributed by atoms with Crippen LogP contribution in [0.3, 0.4) is 0 Å². The maximum absolute atomic E-state index is 12.8. The Labute approximate surface area is 110 Å². The minimum atomic E-state index is -4.85. The van der Waals surface area contributed by atoms with Crippen molar-refractivity contribution in [2.75, 3.05) is 0 Å². The molecule has 0 bridgehead atoms. The quantitative estimate of drug-likeness (QED) is 0.733. The fraction of sp³-hybridized carbons (Fsp3) is 0.250. The number of phosphoric acid groups is 1. The van der Waals surface area contributed by atoms with Crippen molar-refractivity contribution in [2.45, 2.75) is 12.3 Å². The molecule has 1 aromatic rings. The standard InChI is InChI=1S/C8H6Cl2F3O4P/c9-16-18(14,17-10)15-7(8(11,12)13)6-4-2-1-3-5-6/h1-5,7H. The molecule has 0 fully saturated rings. The van der Waals surface area contributed by atoms with Crippen LogP contribution in [0.5, 0.6) is 0 Å². The van der Waals surface area contributed by atoms with Gasteiger partial charge in [0.05, 0.1) is 23.7 Å². The van der Waals surface area contributed by atoms with E-state index in [0.29, 0.717) is 0 Å². The number of alkyl halides is 3. The predicted molar refractivity (Wildman–Crippen MR) is 57.8 cm³/mol. The van der Waals surface area contributed by atoms with E-state index >= 15 is 0 Å². The largest absolute Gasteiger partial charge is 0.508 e. The van der Waals surface area contributed by atoms with E-state index in [1.165, 1.54) is 18.2 Å². The van der Waals surface area contributed by atoms with Gasteiger partial charge in [-0.05, 0) is 5.56 Å². The van der Waals surface area contributed by atoms with Gasteiger partial charge in [-0.1, -0.05) is 30.3 Å². The molecular weight excluding hydrogens is 319 g/mol. The van der Waals surface area contributed by atoms with E-state index in [1.807, 2.05) is 0 Å². The summed E-state index contributed by atoms with van der Waals surface area (Å²) < 4.78 is 61.2. The van der Waals surface area contributed by atoms with Crippen LogP contribution < -0.4 is 0 Å². The van der Waals surface area contributed by atoms with E-state index in [0.717, 1.165) is 12.1 Å². The molecule has 1 unspecified atom stereocenters. The van der Waals surface area contributed by atoms with E-state index in [1.54, 1.807) is 0 Å². The van der Waals surface area contributed by atoms with Gasteiger partial charge in [0.1, 0.15) is 0 Å². The second-order valence-electron chi connectivity index (χ2n) is 3.02. The molecule has 1 aromatic carbocycles. The van der Waals surface area contributed by atoms with Crippen molar-refractivity contribution in [2.24, 2.45) is 0 Å². The zero-order valence-corrected chi connectivity index (χ0v) is 10.8. The molecule has 0 saturated heterocycles. The normalized spacial score (nSPS) is 14.5. The van der Waals surface area contributed by atoms with Gasteiger partial charge < -0.3 is 0 Å². The lowest BCUT2D eigenvalue weighted by Crippen LogP contribution is -2.22. The Morgan fingerprint density at radius 3 is 2.00 bits per heavy atom. The van der Waals surface area contributed by atoms with Crippen LogP contribution in [0, 0.1) is 0 Å². The molecule has 1 rings (SSSR count). The van der Waals surface area contributed by atoms with Gasteiger partial charge in [-0.15, -0.1) is 0 Å². The van der Waals surface area contributed by atoms with Gasteiger partial charge in [0, 0.05) is 0 Å². The van der Waals surface area contributed by atoms with Crippen LogP contribution in [-0.4, -0.2) is 6.18 Å². The summed E-state index contributed by atoms with van der Waals surface area (Å²) in [5.41, 5.74) is -0.298. The molecule has 18 heavy (non-hydrogen) atoms. The van der Waals surface area contributed by atoms with Crippen molar-refractivity contribution in [1.29, 1.82) is 0 Å². The lowest BCUT2D eigenvalue weighted by molar-refractivity contribution is -0.201. The third-order valence-electron chi connectivity index (χ3n) is 1.80. The van der Waals surface area contributed by atoms with Crippen LogP contribution in [0.15, 0.2) is 30.3 Å². The van der Waals surface area contributed by atoms with Gasteiger partial charge in [0.2, 0.25) is 0 Å². The average Bonchev–Trinajstić information content (AvgIpc) is 2.35. The summed E-state index contributed by atoms with van der Waals surface area (Å²) in [6.45, 7) is 0. The highest BCUT2D eigenvalue weighted by Crippen LogP contribution is 2.57. The molecule has 0 aliphatic carbocycles. The molecule has 1 atom stereocenters. The maximum atomic E-state index is 12.8. The highest BCUT2D eigenvalue weighted by atomic mass is 35.5. The smallest absolute Gasteiger partial charge is 0.267 e. The Balaban J connectivity index is 3.06. The fourth-order valence-corrected chi connectivity index (χ4v) is 2.15. The first kappa shape index (κ1) is 15.8. The number of hydrogen-bond donors (Lipinski definition) is 0. The Hall–Kier alpha value is -0.300. The molecule has 0 spiro atoms. The van der Waals surface area contributed by atoms with E-state index in [-0.39, 0.29) is 5.56 Å². The van der Waals surface area contributed by atoms with Gasteiger partial charge in [0.25, 0.3) is 0 Å². The SMILES string of the molecule is O=P(OCl)(OCl)OC(c1ccccc1)C(F)(F)F. The van der Waals surface area contributed by atoms with Gasteiger partial charge in [-0.2, -0.15) is 21.3 Å². The van der Waals surface area contributed by atoms with Gasteiger partial charge >= 0.3 is 14.0 Å². The highest BCUT2D eigenvalue weighted by molar-refractivity contribution is 7.50. The van der Waals surface area contributed by atoms with E-state index in [9.17, 15) is 17.7 Å². The summed E-state index contributed by atoms with van der Waals surface area (Å²) >= 11 is 9.45. The van der Waals surface area contributed by atoms with Crippen LogP contribution in [0.4, 0.5) is 13.2 Å². The van der Waals surface area contributed by atoms with Gasteiger partial charge in [0.15, 0.2) is 6.10 Å². The Morgan fingerprint density at radius 2 is 1.61 bits per heavy atom. The summed E-state index contributed by atoms with van der Waals surface area (Å²) in [4.78, 5) is 0. The fourth-order valence-electron chi connectivity index (χ4n) is 1.11. The average molecular weight is 325 g/mol. The van der Waals surface area contributed by atoms with Crippen molar-refractivity contribution >= 4 is 31.6 Å². The van der Waals surface area contributed by atoms with Crippen molar-refractivity contribution < 1.29 is 30.4 Å². The lowest BCUT2D eigenvalue weighted by atomic mass is 10.1. The maximum Gasteiger partial charge on any atom is 0.508 e. The molecular formula is C8H6Cl2F3O4P. The van der Waals surface area contributed by atoms with Gasteiger partial charge in [-0.25, -0.2) is 4.57 Å². The van der Waals surface area contributed by atoms with Crippen LogP contribution >= 0.6 is 31.6 Å². The molecule has 0 amide bonds. The molecule has 0 aromatic heterocycles. The molecule has 0 radical (unpaired) electrons. The molecule has 0 heterocycles. The minimum Gasteiger partial charge on any atom is -0.267 e.